The Morgan fingerprint density at radius 2 is 1.05 bits per heavy atom. The Labute approximate surface area is 346 Å². The standard InChI is InChI=1S/2C24H14N4O.Co/c1-13-19(22-15-9-5-7-14-8-6-11-17(26-22)20(14)15)24(29)28-18-12-4-3-10-16(18)27-23(28)21(13)25-2;1-13-16(12-25)23-27-17-9-2-3-11-19(17)28(23)24(29)20(13)22-15-8-4-6-14-7-5-10-18(26-22)21(14)15;/h3-12,29H,1H3;2-11,29H,1H3;. The van der Waals surface area contributed by atoms with E-state index in [4.69, 9.17) is 16.6 Å². The van der Waals surface area contributed by atoms with Crippen LogP contribution in [0.2, 0.25) is 0 Å². The monoisotopic (exact) mass is 807 g/mol. The molecule has 0 atom stereocenters. The summed E-state index contributed by atoms with van der Waals surface area (Å²) in [5.74, 6) is 0.107. The van der Waals surface area contributed by atoms with Gasteiger partial charge in [-0.3, -0.25) is 8.80 Å². The summed E-state index contributed by atoms with van der Waals surface area (Å²) in [4.78, 5) is 22.7. The van der Waals surface area contributed by atoms with Gasteiger partial charge in [0.2, 0.25) is 17.4 Å². The Morgan fingerprint density at radius 1 is 0.593 bits per heavy atom. The topological polar surface area (TPSA) is 128 Å². The van der Waals surface area contributed by atoms with Gasteiger partial charge >= 0.3 is 0 Å². The quantitative estimate of drug-likeness (QED) is 0.168. The Hall–Kier alpha value is -7.83. The summed E-state index contributed by atoms with van der Waals surface area (Å²) >= 11 is 0. The van der Waals surface area contributed by atoms with Crippen LogP contribution in [0.5, 0.6) is 11.8 Å². The van der Waals surface area contributed by atoms with Gasteiger partial charge in [0, 0.05) is 38.7 Å². The van der Waals surface area contributed by atoms with Crippen LogP contribution in [0.3, 0.4) is 0 Å². The minimum absolute atomic E-state index is 0. The van der Waals surface area contributed by atoms with Crippen molar-refractivity contribution in [3.8, 4) is 17.8 Å². The van der Waals surface area contributed by atoms with Crippen molar-refractivity contribution in [3.63, 3.8) is 0 Å². The van der Waals surface area contributed by atoms with Gasteiger partial charge in [0.1, 0.15) is 11.7 Å². The van der Waals surface area contributed by atoms with E-state index < -0.39 is 0 Å². The zero-order valence-electron chi connectivity index (χ0n) is 31.4. The molecule has 0 aliphatic carbocycles. The van der Waals surface area contributed by atoms with Crippen LogP contribution in [0.1, 0.15) is 38.9 Å². The molecule has 10 nitrogen and oxygen atoms in total. The van der Waals surface area contributed by atoms with Gasteiger partial charge in [0.25, 0.3) is 0 Å². The number of aromatic nitrogens is 4. The van der Waals surface area contributed by atoms with Gasteiger partial charge in [-0.05, 0) is 72.1 Å². The van der Waals surface area contributed by atoms with E-state index in [1.807, 2.05) is 111 Å². The van der Waals surface area contributed by atoms with Crippen molar-refractivity contribution in [1.82, 2.24) is 18.8 Å². The molecule has 4 aromatic heterocycles. The molecule has 281 valence electrons. The van der Waals surface area contributed by atoms with E-state index in [1.165, 1.54) is 0 Å². The molecule has 0 fully saturated rings. The SMILES string of the molecule is Cc1c(C2=Nc3cccc4cccc2c34)c(O)n2c(nc3ccccc32)c1C#N.[C-]#[N+]c1c(C)c(C2=Nc3cccc4cccc2c34)c(O)n2c1nc1ccccc12.[Co]. The molecule has 0 spiro atoms. The van der Waals surface area contributed by atoms with Crippen molar-refractivity contribution < 1.29 is 27.0 Å². The number of fused-ring (bicyclic) bond motifs is 6. The molecule has 0 amide bonds. The third-order valence-corrected chi connectivity index (χ3v) is 11.3. The number of nitriles is 1. The molecule has 0 unspecified atom stereocenters. The molecule has 0 saturated heterocycles. The first-order valence-corrected chi connectivity index (χ1v) is 18.6. The molecule has 6 aromatic carbocycles. The van der Waals surface area contributed by atoms with Crippen LogP contribution in [-0.2, 0) is 16.8 Å². The molecular weight excluding hydrogens is 780 g/mol. The Kier molecular flexibility index (Phi) is 7.91. The summed E-state index contributed by atoms with van der Waals surface area (Å²) < 4.78 is 3.32. The van der Waals surface area contributed by atoms with E-state index >= 15 is 0 Å². The van der Waals surface area contributed by atoms with Crippen molar-refractivity contribution >= 4 is 83.4 Å². The summed E-state index contributed by atoms with van der Waals surface area (Å²) in [5.41, 5.74) is 12.4. The van der Waals surface area contributed by atoms with Crippen LogP contribution in [-0.4, -0.2) is 40.4 Å². The van der Waals surface area contributed by atoms with Crippen LogP contribution >= 0.6 is 0 Å². The maximum absolute atomic E-state index is 11.4. The zero-order valence-corrected chi connectivity index (χ0v) is 32.4. The first kappa shape index (κ1) is 35.6. The van der Waals surface area contributed by atoms with Crippen LogP contribution in [0.25, 0.3) is 59.8 Å². The number of nitrogens with zero attached hydrogens (tertiary/aromatic N) is 8. The maximum Gasteiger partial charge on any atom is 0.232 e. The minimum Gasteiger partial charge on any atom is -0.494 e. The normalized spacial score (nSPS) is 12.4. The van der Waals surface area contributed by atoms with E-state index in [2.05, 4.69) is 45.1 Å². The average Bonchev–Trinajstić information content (AvgIpc) is 4.02. The van der Waals surface area contributed by atoms with Crippen molar-refractivity contribution in [2.75, 3.05) is 0 Å². The third kappa shape index (κ3) is 4.90. The molecule has 0 saturated carbocycles. The van der Waals surface area contributed by atoms with Crippen LogP contribution < -0.4 is 0 Å². The van der Waals surface area contributed by atoms with E-state index in [0.717, 1.165) is 66.1 Å². The number of benzene rings is 6. The number of imidazole rings is 2. The molecule has 2 aliphatic heterocycles. The van der Waals surface area contributed by atoms with Crippen LogP contribution in [0.4, 0.5) is 17.1 Å². The molecule has 11 heteroatoms. The molecule has 0 bridgehead atoms. The van der Waals surface area contributed by atoms with Gasteiger partial charge in [0.05, 0.1) is 68.1 Å². The molecule has 1 radical (unpaired) electrons. The van der Waals surface area contributed by atoms with Crippen molar-refractivity contribution in [2.24, 2.45) is 9.98 Å². The Bertz CT molecular complexity index is 3410. The van der Waals surface area contributed by atoms with Gasteiger partial charge in [-0.25, -0.2) is 24.8 Å². The number of hydrogen-bond acceptors (Lipinski definition) is 7. The summed E-state index contributed by atoms with van der Waals surface area (Å²) in [7, 11) is 0. The molecular formula is C48H28CoN8O2. The number of aromatic hydroxyl groups is 2. The van der Waals surface area contributed by atoms with E-state index in [9.17, 15) is 15.5 Å². The van der Waals surface area contributed by atoms with Gasteiger partial charge in [-0.15, -0.1) is 0 Å². The number of aliphatic imine (C=N–C) groups is 2. The smallest absolute Gasteiger partial charge is 0.232 e. The number of hydrogen-bond donors (Lipinski definition) is 2. The number of para-hydroxylation sites is 4. The minimum atomic E-state index is 0. The predicted octanol–water partition coefficient (Wildman–Crippen LogP) is 10.7. The van der Waals surface area contributed by atoms with E-state index in [0.29, 0.717) is 56.2 Å². The maximum atomic E-state index is 11.4. The first-order chi connectivity index (χ1) is 28.4. The second-order valence-corrected chi connectivity index (χ2v) is 14.4. The molecule has 10 aromatic rings. The van der Waals surface area contributed by atoms with E-state index in [1.54, 1.807) is 8.80 Å². The molecule has 2 N–H and O–H groups in total. The summed E-state index contributed by atoms with van der Waals surface area (Å²) in [5, 5.41) is 37.0. The third-order valence-electron chi connectivity index (χ3n) is 11.3. The fourth-order valence-corrected chi connectivity index (χ4v) is 8.75. The van der Waals surface area contributed by atoms with Gasteiger partial charge in [0.15, 0.2) is 5.65 Å². The second-order valence-electron chi connectivity index (χ2n) is 14.4. The zero-order chi connectivity index (χ0) is 39.4. The number of rotatable bonds is 2. The Balaban J connectivity index is 0.000000140. The molecule has 2 aliphatic rings. The fraction of sp³-hybridized carbons (Fsp3) is 0.0417. The van der Waals surface area contributed by atoms with Crippen molar-refractivity contribution in [2.45, 2.75) is 13.8 Å². The predicted molar refractivity (Wildman–Crippen MR) is 228 cm³/mol. The Morgan fingerprint density at radius 3 is 1.56 bits per heavy atom. The summed E-state index contributed by atoms with van der Waals surface area (Å²) in [6, 6.07) is 41.6. The molecule has 6 heterocycles. The molecule has 12 rings (SSSR count). The second kappa shape index (κ2) is 13.1. The van der Waals surface area contributed by atoms with E-state index in [-0.39, 0.29) is 28.5 Å². The average molecular weight is 808 g/mol. The van der Waals surface area contributed by atoms with Gasteiger partial charge in [-0.1, -0.05) is 84.9 Å². The molecule has 59 heavy (non-hydrogen) atoms. The van der Waals surface area contributed by atoms with Crippen LogP contribution in [0.15, 0.2) is 131 Å². The largest absolute Gasteiger partial charge is 0.494 e. The number of pyridine rings is 2. The van der Waals surface area contributed by atoms with Gasteiger partial charge in [-0.2, -0.15) is 5.26 Å². The van der Waals surface area contributed by atoms with Crippen molar-refractivity contribution in [1.29, 1.82) is 5.26 Å². The fourth-order valence-electron chi connectivity index (χ4n) is 8.75. The first-order valence-electron chi connectivity index (χ1n) is 18.6. The summed E-state index contributed by atoms with van der Waals surface area (Å²) in [6.45, 7) is 11.5. The summed E-state index contributed by atoms with van der Waals surface area (Å²) in [6.07, 6.45) is 0. The van der Waals surface area contributed by atoms with Crippen molar-refractivity contribution in [3.05, 3.63) is 172 Å². The van der Waals surface area contributed by atoms with Gasteiger partial charge < -0.3 is 10.2 Å². The van der Waals surface area contributed by atoms with Crippen LogP contribution in [0, 0.1) is 31.8 Å².